The van der Waals surface area contributed by atoms with Gasteiger partial charge < -0.3 is 10.5 Å². The molecule has 6 nitrogen and oxygen atoms in total. The topological polar surface area (TPSA) is 98.5 Å². The Bertz CT molecular complexity index is 609. The first-order valence-corrected chi connectivity index (χ1v) is 7.53. The maximum atomic E-state index is 12.2. The first kappa shape index (κ1) is 19.9. The largest absolute Gasteiger partial charge is 0.465 e. The van der Waals surface area contributed by atoms with E-state index < -0.39 is 21.5 Å². The molecule has 0 heterocycles. The monoisotopic (exact) mass is 336 g/mol. The fraction of sp³-hybridized carbons (Fsp3) is 0.462. The Kier molecular flexibility index (Phi) is 6.82. The molecule has 3 N–H and O–H groups in total. The first-order chi connectivity index (χ1) is 9.07. The van der Waals surface area contributed by atoms with Crippen molar-refractivity contribution in [2.45, 2.75) is 31.2 Å². The number of benzene rings is 1. The molecule has 0 aliphatic heterocycles. The second kappa shape index (κ2) is 7.22. The third kappa shape index (κ3) is 5.62. The normalized spacial score (nSPS) is 11.7. The molecule has 0 aromatic heterocycles. The van der Waals surface area contributed by atoms with Gasteiger partial charge in [0.1, 0.15) is 0 Å². The van der Waals surface area contributed by atoms with E-state index in [-0.39, 0.29) is 23.8 Å². The zero-order chi connectivity index (χ0) is 15.6. The Morgan fingerprint density at radius 3 is 2.38 bits per heavy atom. The molecule has 0 fully saturated rings. The second-order valence-corrected chi connectivity index (χ2v) is 7.02. The smallest absolute Gasteiger partial charge is 0.337 e. The van der Waals surface area contributed by atoms with Gasteiger partial charge in [-0.25, -0.2) is 17.9 Å². The van der Waals surface area contributed by atoms with Crippen LogP contribution in [0.25, 0.3) is 0 Å². The van der Waals surface area contributed by atoms with E-state index in [9.17, 15) is 13.2 Å². The number of nitrogens with one attached hydrogen (secondary N) is 1. The molecule has 1 aromatic rings. The van der Waals surface area contributed by atoms with Gasteiger partial charge in [0.25, 0.3) is 0 Å². The van der Waals surface area contributed by atoms with E-state index >= 15 is 0 Å². The first-order valence-electron chi connectivity index (χ1n) is 6.04. The van der Waals surface area contributed by atoms with Crippen LogP contribution in [0.15, 0.2) is 23.1 Å². The highest BCUT2D eigenvalue weighted by molar-refractivity contribution is 7.89. The summed E-state index contributed by atoms with van der Waals surface area (Å²) in [5.41, 5.74) is 5.88. The quantitative estimate of drug-likeness (QED) is 0.788. The van der Waals surface area contributed by atoms with E-state index in [0.717, 1.165) is 0 Å². The third-order valence-electron chi connectivity index (χ3n) is 2.60. The molecule has 0 radical (unpaired) electrons. The van der Waals surface area contributed by atoms with Crippen LogP contribution in [0.1, 0.15) is 29.8 Å². The highest BCUT2D eigenvalue weighted by Gasteiger charge is 2.21. The van der Waals surface area contributed by atoms with Crippen molar-refractivity contribution >= 4 is 28.4 Å². The summed E-state index contributed by atoms with van der Waals surface area (Å²) in [5, 5.41) is 0. The van der Waals surface area contributed by atoms with Crippen molar-refractivity contribution in [3.05, 3.63) is 29.3 Å². The Labute approximate surface area is 131 Å². The third-order valence-corrected chi connectivity index (χ3v) is 4.16. The van der Waals surface area contributed by atoms with Gasteiger partial charge in [0.2, 0.25) is 10.0 Å². The van der Waals surface area contributed by atoms with Crippen LogP contribution in [0.5, 0.6) is 0 Å². The molecular weight excluding hydrogens is 316 g/mol. The van der Waals surface area contributed by atoms with E-state index in [4.69, 9.17) is 5.73 Å². The van der Waals surface area contributed by atoms with E-state index in [1.807, 2.05) is 0 Å². The number of methoxy groups -OCH3 is 1. The molecule has 0 atom stereocenters. The minimum atomic E-state index is -3.66. The molecule has 8 heteroatoms. The summed E-state index contributed by atoms with van der Waals surface area (Å²) in [6, 6.07) is 4.28. The van der Waals surface area contributed by atoms with E-state index in [0.29, 0.717) is 11.1 Å². The zero-order valence-corrected chi connectivity index (χ0v) is 14.1. The number of ether oxygens (including phenoxy) is 1. The van der Waals surface area contributed by atoms with Gasteiger partial charge in [-0.05, 0) is 44.5 Å². The zero-order valence-electron chi connectivity index (χ0n) is 12.5. The second-order valence-electron chi connectivity index (χ2n) is 5.28. The van der Waals surface area contributed by atoms with Gasteiger partial charge >= 0.3 is 5.97 Å². The lowest BCUT2D eigenvalue weighted by atomic mass is 10.1. The van der Waals surface area contributed by atoms with Gasteiger partial charge in [-0.15, -0.1) is 12.4 Å². The number of hydrogen-bond acceptors (Lipinski definition) is 5. The van der Waals surface area contributed by atoms with Crippen LogP contribution in [0, 0.1) is 6.92 Å². The lowest BCUT2D eigenvalue weighted by Gasteiger charge is -2.19. The van der Waals surface area contributed by atoms with Crippen LogP contribution in [0.2, 0.25) is 0 Å². The van der Waals surface area contributed by atoms with E-state index in [2.05, 4.69) is 9.46 Å². The minimum Gasteiger partial charge on any atom is -0.465 e. The van der Waals surface area contributed by atoms with Crippen molar-refractivity contribution in [3.63, 3.8) is 0 Å². The van der Waals surface area contributed by atoms with Gasteiger partial charge in [0.05, 0.1) is 17.6 Å². The van der Waals surface area contributed by atoms with Crippen LogP contribution in [-0.4, -0.2) is 33.6 Å². The summed E-state index contributed by atoms with van der Waals surface area (Å²) in [4.78, 5) is 11.5. The van der Waals surface area contributed by atoms with Crippen molar-refractivity contribution in [2.75, 3.05) is 13.7 Å². The molecule has 0 amide bonds. The number of nitrogens with two attached hydrogens (primary N) is 1. The van der Waals surface area contributed by atoms with Crippen LogP contribution in [0.3, 0.4) is 0 Å². The van der Waals surface area contributed by atoms with Gasteiger partial charge in [0, 0.05) is 12.1 Å². The van der Waals surface area contributed by atoms with Gasteiger partial charge in [-0.3, -0.25) is 0 Å². The van der Waals surface area contributed by atoms with E-state index in [1.165, 1.54) is 25.3 Å². The predicted molar refractivity (Wildman–Crippen MR) is 83.2 cm³/mol. The molecule has 0 aliphatic carbocycles. The number of sulfonamides is 1. The summed E-state index contributed by atoms with van der Waals surface area (Å²) in [7, 11) is -2.38. The molecule has 1 rings (SSSR count). The number of esters is 1. The highest BCUT2D eigenvalue weighted by Crippen LogP contribution is 2.17. The van der Waals surface area contributed by atoms with Crippen LogP contribution >= 0.6 is 12.4 Å². The van der Waals surface area contributed by atoms with E-state index in [1.54, 1.807) is 20.8 Å². The number of aryl methyl sites for hydroxylation is 1. The predicted octanol–water partition coefficient (Wildman–Crippen LogP) is 1.22. The van der Waals surface area contributed by atoms with Crippen molar-refractivity contribution in [3.8, 4) is 0 Å². The van der Waals surface area contributed by atoms with Crippen molar-refractivity contribution in [2.24, 2.45) is 5.73 Å². The van der Waals surface area contributed by atoms with Crippen molar-refractivity contribution < 1.29 is 17.9 Å². The lowest BCUT2D eigenvalue weighted by Crippen LogP contribution is -2.45. The molecule has 0 bridgehead atoms. The van der Waals surface area contributed by atoms with Crippen LogP contribution in [-0.2, 0) is 14.8 Å². The standard InChI is InChI=1S/C13H20N2O4S.ClH/c1-9-7-10(12(16)19-4)5-6-11(9)20(17,18)15-8-13(2,3)14;/h5-7,15H,8,14H2,1-4H3;1H. The number of rotatable bonds is 5. The fourth-order valence-corrected chi connectivity index (χ4v) is 3.00. The Balaban J connectivity index is 0.00000400. The van der Waals surface area contributed by atoms with Crippen LogP contribution < -0.4 is 10.5 Å². The van der Waals surface area contributed by atoms with Crippen LogP contribution in [0.4, 0.5) is 0 Å². The number of halogens is 1. The van der Waals surface area contributed by atoms with Gasteiger partial charge in [-0.1, -0.05) is 0 Å². The summed E-state index contributed by atoms with van der Waals surface area (Å²) < 4.78 is 31.4. The van der Waals surface area contributed by atoms with Crippen molar-refractivity contribution in [1.82, 2.24) is 4.72 Å². The molecule has 0 unspecified atom stereocenters. The number of carbonyl (C=O) groups excluding carboxylic acids is 1. The molecule has 0 saturated heterocycles. The van der Waals surface area contributed by atoms with Crippen molar-refractivity contribution in [1.29, 1.82) is 0 Å². The summed E-state index contributed by atoms with van der Waals surface area (Å²) in [6.45, 7) is 5.19. The molecule has 120 valence electrons. The molecule has 0 spiro atoms. The summed E-state index contributed by atoms with van der Waals surface area (Å²) in [5.74, 6) is -0.506. The number of carbonyl (C=O) groups is 1. The summed E-state index contributed by atoms with van der Waals surface area (Å²) >= 11 is 0. The average molecular weight is 337 g/mol. The minimum absolute atomic E-state index is 0. The average Bonchev–Trinajstić information content (AvgIpc) is 2.34. The number of hydrogen-bond donors (Lipinski definition) is 2. The Morgan fingerprint density at radius 2 is 1.95 bits per heavy atom. The molecule has 1 aromatic carbocycles. The molecule has 21 heavy (non-hydrogen) atoms. The Hall–Kier alpha value is -1.15. The fourth-order valence-electron chi connectivity index (χ4n) is 1.55. The SMILES string of the molecule is COC(=O)c1ccc(S(=O)(=O)NCC(C)(C)N)c(C)c1.Cl. The maximum absolute atomic E-state index is 12.2. The van der Waals surface area contributed by atoms with Gasteiger partial charge in [0.15, 0.2) is 0 Å². The molecule has 0 saturated carbocycles. The lowest BCUT2D eigenvalue weighted by molar-refractivity contribution is 0.0600. The molecule has 0 aliphatic rings. The summed E-state index contributed by atoms with van der Waals surface area (Å²) in [6.07, 6.45) is 0. The molecular formula is C13H21ClN2O4S. The Morgan fingerprint density at radius 1 is 1.38 bits per heavy atom. The highest BCUT2D eigenvalue weighted by atomic mass is 35.5. The maximum Gasteiger partial charge on any atom is 0.337 e. The van der Waals surface area contributed by atoms with Gasteiger partial charge in [-0.2, -0.15) is 0 Å².